The zero-order chi connectivity index (χ0) is 13.9. The van der Waals surface area contributed by atoms with Crippen LogP contribution >= 0.6 is 11.6 Å². The highest BCUT2D eigenvalue weighted by atomic mass is 35.5. The number of hydrogen-bond donors (Lipinski definition) is 0. The molecule has 1 aliphatic carbocycles. The molecule has 0 bridgehead atoms. The number of alkyl halides is 1. The SMILES string of the molecule is O=C(c1cnn2ccncc12)N(CCCl)C1CCCC1. The predicted molar refractivity (Wildman–Crippen MR) is 77.0 cm³/mol. The van der Waals surface area contributed by atoms with Crippen LogP contribution in [-0.4, -0.2) is 43.9 Å². The first-order chi connectivity index (χ1) is 9.81. The van der Waals surface area contributed by atoms with Crippen LogP contribution in [0.5, 0.6) is 0 Å². The Balaban J connectivity index is 1.92. The van der Waals surface area contributed by atoms with Crippen molar-refractivity contribution < 1.29 is 4.79 Å². The van der Waals surface area contributed by atoms with Crippen LogP contribution in [0.1, 0.15) is 36.0 Å². The Morgan fingerprint density at radius 3 is 2.95 bits per heavy atom. The molecule has 6 heteroatoms. The third kappa shape index (κ3) is 2.38. The van der Waals surface area contributed by atoms with E-state index in [1.165, 1.54) is 12.8 Å². The predicted octanol–water partition coefficient (Wildman–Crippen LogP) is 2.35. The van der Waals surface area contributed by atoms with Crippen molar-refractivity contribution >= 4 is 23.0 Å². The quantitative estimate of drug-likeness (QED) is 0.813. The Morgan fingerprint density at radius 1 is 1.40 bits per heavy atom. The van der Waals surface area contributed by atoms with E-state index in [0.717, 1.165) is 18.4 Å². The molecule has 20 heavy (non-hydrogen) atoms. The van der Waals surface area contributed by atoms with E-state index in [0.29, 0.717) is 24.0 Å². The summed E-state index contributed by atoms with van der Waals surface area (Å²) < 4.78 is 1.67. The van der Waals surface area contributed by atoms with Gasteiger partial charge in [0.15, 0.2) is 0 Å². The number of aromatic nitrogens is 3. The summed E-state index contributed by atoms with van der Waals surface area (Å²) in [5, 5.41) is 4.21. The Bertz CT molecular complexity index is 606. The van der Waals surface area contributed by atoms with Crippen LogP contribution in [-0.2, 0) is 0 Å². The molecule has 2 aromatic heterocycles. The molecule has 0 aromatic carbocycles. The van der Waals surface area contributed by atoms with Crippen molar-refractivity contribution in [3.63, 3.8) is 0 Å². The van der Waals surface area contributed by atoms with Gasteiger partial charge in [0.05, 0.1) is 23.5 Å². The fourth-order valence-electron chi connectivity index (χ4n) is 2.91. The molecule has 0 unspecified atom stereocenters. The van der Waals surface area contributed by atoms with Crippen LogP contribution in [0.25, 0.3) is 5.52 Å². The number of hydrogen-bond acceptors (Lipinski definition) is 3. The molecule has 1 amide bonds. The average Bonchev–Trinajstić information content (AvgIpc) is 3.13. The highest BCUT2D eigenvalue weighted by Crippen LogP contribution is 2.25. The summed E-state index contributed by atoms with van der Waals surface area (Å²) in [6.07, 6.45) is 11.2. The molecule has 3 rings (SSSR count). The Kier molecular flexibility index (Phi) is 3.87. The Labute approximate surface area is 122 Å². The van der Waals surface area contributed by atoms with E-state index in [1.54, 1.807) is 29.3 Å². The summed E-state index contributed by atoms with van der Waals surface area (Å²) in [5.41, 5.74) is 1.35. The van der Waals surface area contributed by atoms with E-state index in [9.17, 15) is 4.79 Å². The summed E-state index contributed by atoms with van der Waals surface area (Å²) in [6, 6.07) is 0.313. The van der Waals surface area contributed by atoms with Crippen molar-refractivity contribution in [2.45, 2.75) is 31.7 Å². The number of nitrogens with zero attached hydrogens (tertiary/aromatic N) is 4. The summed E-state index contributed by atoms with van der Waals surface area (Å²) in [5.74, 6) is 0.472. The molecular formula is C14H17ClN4O. The number of halogens is 1. The average molecular weight is 293 g/mol. The second-order valence-corrected chi connectivity index (χ2v) is 5.47. The van der Waals surface area contributed by atoms with E-state index in [1.807, 2.05) is 4.90 Å². The molecule has 1 saturated carbocycles. The van der Waals surface area contributed by atoms with Crippen molar-refractivity contribution in [1.29, 1.82) is 0 Å². The van der Waals surface area contributed by atoms with Crippen molar-refractivity contribution in [2.24, 2.45) is 0 Å². The minimum Gasteiger partial charge on any atom is -0.334 e. The van der Waals surface area contributed by atoms with Crippen LogP contribution in [0.3, 0.4) is 0 Å². The van der Waals surface area contributed by atoms with Crippen LogP contribution < -0.4 is 0 Å². The van der Waals surface area contributed by atoms with Crippen LogP contribution in [0, 0.1) is 0 Å². The maximum atomic E-state index is 12.8. The molecule has 2 aromatic rings. The normalized spacial score (nSPS) is 15.8. The summed E-state index contributed by atoms with van der Waals surface area (Å²) >= 11 is 5.87. The zero-order valence-corrected chi connectivity index (χ0v) is 12.0. The Morgan fingerprint density at radius 2 is 2.20 bits per heavy atom. The van der Waals surface area contributed by atoms with Gasteiger partial charge in [-0.25, -0.2) is 4.52 Å². The van der Waals surface area contributed by atoms with Crippen LogP contribution in [0.15, 0.2) is 24.8 Å². The first kappa shape index (κ1) is 13.4. The lowest BCUT2D eigenvalue weighted by molar-refractivity contribution is 0.0697. The summed E-state index contributed by atoms with van der Waals surface area (Å²) in [6.45, 7) is 0.586. The monoisotopic (exact) mass is 292 g/mol. The van der Waals surface area contributed by atoms with Gasteiger partial charge in [-0.05, 0) is 12.8 Å². The largest absolute Gasteiger partial charge is 0.334 e. The number of fused-ring (bicyclic) bond motifs is 1. The first-order valence-electron chi connectivity index (χ1n) is 6.95. The van der Waals surface area contributed by atoms with E-state index < -0.39 is 0 Å². The van der Waals surface area contributed by atoms with Crippen molar-refractivity contribution in [3.8, 4) is 0 Å². The molecule has 1 aliphatic rings. The molecule has 0 saturated heterocycles. The minimum absolute atomic E-state index is 0.0144. The first-order valence-corrected chi connectivity index (χ1v) is 7.49. The highest BCUT2D eigenvalue weighted by Gasteiger charge is 2.28. The maximum absolute atomic E-state index is 12.8. The molecule has 5 nitrogen and oxygen atoms in total. The van der Waals surface area contributed by atoms with Gasteiger partial charge in [0.1, 0.15) is 0 Å². The molecule has 0 aliphatic heterocycles. The van der Waals surface area contributed by atoms with Gasteiger partial charge in [-0.3, -0.25) is 9.78 Å². The number of carbonyl (C=O) groups excluding carboxylic acids is 1. The van der Waals surface area contributed by atoms with Gasteiger partial charge in [-0.2, -0.15) is 5.10 Å². The second-order valence-electron chi connectivity index (χ2n) is 5.09. The molecule has 0 spiro atoms. The van der Waals surface area contributed by atoms with Crippen molar-refractivity contribution in [1.82, 2.24) is 19.5 Å². The zero-order valence-electron chi connectivity index (χ0n) is 11.2. The molecule has 1 fully saturated rings. The van der Waals surface area contributed by atoms with E-state index in [4.69, 9.17) is 11.6 Å². The summed E-state index contributed by atoms with van der Waals surface area (Å²) in [4.78, 5) is 18.8. The topological polar surface area (TPSA) is 50.5 Å². The van der Waals surface area contributed by atoms with Crippen LogP contribution in [0.2, 0.25) is 0 Å². The highest BCUT2D eigenvalue weighted by molar-refractivity contribution is 6.18. The lowest BCUT2D eigenvalue weighted by Gasteiger charge is -2.28. The second kappa shape index (κ2) is 5.79. The summed E-state index contributed by atoms with van der Waals surface area (Å²) in [7, 11) is 0. The maximum Gasteiger partial charge on any atom is 0.258 e. The molecule has 2 heterocycles. The van der Waals surface area contributed by atoms with Gasteiger partial charge in [-0.1, -0.05) is 12.8 Å². The fraction of sp³-hybridized carbons (Fsp3) is 0.500. The van der Waals surface area contributed by atoms with E-state index in [2.05, 4.69) is 10.1 Å². The standard InChI is InChI=1S/C14H17ClN4O/c15-5-7-18(11-3-1-2-4-11)14(20)12-9-17-19-8-6-16-10-13(12)19/h6,8-11H,1-5,7H2. The number of rotatable bonds is 4. The lowest BCUT2D eigenvalue weighted by Crippen LogP contribution is -2.40. The minimum atomic E-state index is 0.0144. The van der Waals surface area contributed by atoms with Gasteiger partial charge in [0, 0.05) is 30.9 Å². The number of amides is 1. The van der Waals surface area contributed by atoms with Gasteiger partial charge >= 0.3 is 0 Å². The van der Waals surface area contributed by atoms with Crippen molar-refractivity contribution in [2.75, 3.05) is 12.4 Å². The van der Waals surface area contributed by atoms with E-state index >= 15 is 0 Å². The third-order valence-electron chi connectivity index (χ3n) is 3.91. The van der Waals surface area contributed by atoms with Gasteiger partial charge in [-0.15, -0.1) is 11.6 Å². The number of carbonyl (C=O) groups is 1. The third-order valence-corrected chi connectivity index (χ3v) is 4.08. The van der Waals surface area contributed by atoms with Gasteiger partial charge in [0.25, 0.3) is 5.91 Å². The molecule has 0 N–H and O–H groups in total. The van der Waals surface area contributed by atoms with Gasteiger partial charge < -0.3 is 4.90 Å². The lowest BCUT2D eigenvalue weighted by atomic mass is 10.1. The molecule has 106 valence electrons. The van der Waals surface area contributed by atoms with E-state index in [-0.39, 0.29) is 5.91 Å². The smallest absolute Gasteiger partial charge is 0.258 e. The molecule has 0 atom stereocenters. The van der Waals surface area contributed by atoms with Gasteiger partial charge in [0.2, 0.25) is 0 Å². The van der Waals surface area contributed by atoms with Crippen LogP contribution in [0.4, 0.5) is 0 Å². The molecular weight excluding hydrogens is 276 g/mol. The van der Waals surface area contributed by atoms with Crippen molar-refractivity contribution in [3.05, 3.63) is 30.4 Å². The Hall–Kier alpha value is -1.62. The molecule has 0 radical (unpaired) electrons. The fourth-order valence-corrected chi connectivity index (χ4v) is 3.09.